The van der Waals surface area contributed by atoms with Crippen LogP contribution in [0.1, 0.15) is 30.0 Å². The van der Waals surface area contributed by atoms with Crippen LogP contribution in [-0.2, 0) is 6.42 Å². The monoisotopic (exact) mass is 496 g/mol. The Bertz CT molecular complexity index is 1400. The average Bonchev–Trinajstić information content (AvgIpc) is 3.37. The summed E-state index contributed by atoms with van der Waals surface area (Å²) >= 11 is 7.62. The summed E-state index contributed by atoms with van der Waals surface area (Å²) in [7, 11) is 0. The zero-order chi connectivity index (χ0) is 23.4. The maximum absolute atomic E-state index is 13.8. The van der Waals surface area contributed by atoms with Crippen LogP contribution in [0.15, 0.2) is 46.6 Å². The third-order valence-corrected chi connectivity index (χ3v) is 8.45. The molecule has 4 aromatic rings. The molecule has 1 spiro atoms. The van der Waals surface area contributed by atoms with Crippen LogP contribution in [0.3, 0.4) is 0 Å². The molecule has 11 heteroatoms. The molecule has 6 rings (SSSR count). The molecule has 1 saturated heterocycles. The number of pyridine rings is 1. The molecule has 174 valence electrons. The summed E-state index contributed by atoms with van der Waals surface area (Å²) in [6.07, 6.45) is 5.99. The van der Waals surface area contributed by atoms with Gasteiger partial charge in [0.2, 0.25) is 5.95 Å². The highest BCUT2D eigenvalue weighted by atomic mass is 35.5. The van der Waals surface area contributed by atoms with Crippen molar-refractivity contribution in [3.8, 4) is 0 Å². The normalized spacial score (nSPS) is 19.1. The van der Waals surface area contributed by atoms with Crippen LogP contribution < -0.4 is 16.4 Å². The van der Waals surface area contributed by atoms with Crippen LogP contribution in [0.2, 0.25) is 5.02 Å². The van der Waals surface area contributed by atoms with Gasteiger partial charge < -0.3 is 21.4 Å². The number of halogens is 2. The third-order valence-electron chi connectivity index (χ3n) is 6.97. The topological polar surface area (TPSA) is 123 Å². The van der Waals surface area contributed by atoms with Crippen molar-refractivity contribution in [2.75, 3.05) is 23.7 Å². The number of nitrogens with two attached hydrogens (primary N) is 2. The molecule has 0 bridgehead atoms. The van der Waals surface area contributed by atoms with Gasteiger partial charge in [0.05, 0.1) is 11.2 Å². The number of hydrogen-bond acceptors (Lipinski definition) is 8. The van der Waals surface area contributed by atoms with Crippen molar-refractivity contribution in [3.63, 3.8) is 0 Å². The summed E-state index contributed by atoms with van der Waals surface area (Å²) in [5, 5.41) is 1.08. The number of nitrogens with one attached hydrogen (secondary N) is 1. The molecule has 0 radical (unpaired) electrons. The second kappa shape index (κ2) is 8.07. The van der Waals surface area contributed by atoms with Crippen molar-refractivity contribution in [3.05, 3.63) is 58.6 Å². The Balaban J connectivity index is 1.19. The third kappa shape index (κ3) is 3.57. The summed E-state index contributed by atoms with van der Waals surface area (Å²) in [6, 6.07) is 6.65. The van der Waals surface area contributed by atoms with Crippen molar-refractivity contribution in [1.29, 1.82) is 0 Å². The molecule has 5 N–H and O–H groups in total. The molecule has 0 unspecified atom stereocenters. The first-order valence-electron chi connectivity index (χ1n) is 11.0. The van der Waals surface area contributed by atoms with Gasteiger partial charge in [-0.05, 0) is 54.0 Å². The summed E-state index contributed by atoms with van der Waals surface area (Å²) in [6.45, 7) is 1.61. The Labute approximate surface area is 204 Å². The number of anilines is 2. The fourth-order valence-electron chi connectivity index (χ4n) is 5.09. The van der Waals surface area contributed by atoms with Gasteiger partial charge in [0.15, 0.2) is 11.3 Å². The second-order valence-corrected chi connectivity index (χ2v) is 10.3. The Morgan fingerprint density at radius 2 is 2.00 bits per heavy atom. The quantitative estimate of drug-likeness (QED) is 0.387. The fraction of sp³-hybridized carbons (Fsp3) is 0.304. The molecular weight excluding hydrogens is 475 g/mol. The minimum absolute atomic E-state index is 0.0371. The molecule has 1 aliphatic heterocycles. The Morgan fingerprint density at radius 3 is 2.82 bits per heavy atom. The Kier molecular flexibility index (Phi) is 5.12. The van der Waals surface area contributed by atoms with Crippen LogP contribution >= 0.6 is 23.4 Å². The number of nitrogen functional groups attached to an aromatic ring is 1. The van der Waals surface area contributed by atoms with E-state index in [0.29, 0.717) is 21.3 Å². The Morgan fingerprint density at radius 1 is 1.18 bits per heavy atom. The smallest absolute Gasteiger partial charge is 0.206 e. The van der Waals surface area contributed by atoms with Crippen molar-refractivity contribution in [2.45, 2.75) is 35.2 Å². The zero-order valence-electron chi connectivity index (χ0n) is 18.1. The van der Waals surface area contributed by atoms with E-state index in [1.165, 1.54) is 23.4 Å². The van der Waals surface area contributed by atoms with Gasteiger partial charge in [-0.3, -0.25) is 0 Å². The number of hydrogen-bond donors (Lipinski definition) is 3. The van der Waals surface area contributed by atoms with Gasteiger partial charge in [0.25, 0.3) is 0 Å². The molecule has 8 nitrogen and oxygen atoms in total. The zero-order valence-corrected chi connectivity index (χ0v) is 19.7. The number of aromatic amines is 1. The van der Waals surface area contributed by atoms with Gasteiger partial charge in [-0.1, -0.05) is 29.4 Å². The highest BCUT2D eigenvalue weighted by Gasteiger charge is 2.46. The minimum atomic E-state index is -0.224. The second-order valence-electron chi connectivity index (χ2n) is 8.90. The molecule has 3 aromatic heterocycles. The van der Waals surface area contributed by atoms with Crippen LogP contribution in [0.5, 0.6) is 0 Å². The standard InChI is InChI=1S/C23H22ClFN8S/c24-17-15(3-6-28-19(17)27)34-16-11-29-20-21(30-16)32-22(31-20)33-7-4-23(5-8-33)10-12-1-2-13(25)9-14(12)18(23)26/h1-3,6,9,11,18H,4-5,7-8,10,26H2,(H2,27,28)(H,29,30,31,32)/t18-/m1/s1. The lowest BCUT2D eigenvalue weighted by molar-refractivity contribution is 0.187. The summed E-state index contributed by atoms with van der Waals surface area (Å²) in [4.78, 5) is 24.0. The highest BCUT2D eigenvalue weighted by Crippen LogP contribution is 2.51. The fourth-order valence-corrected chi connectivity index (χ4v) is 6.10. The molecule has 1 fully saturated rings. The van der Waals surface area contributed by atoms with Gasteiger partial charge in [-0.2, -0.15) is 4.98 Å². The lowest BCUT2D eigenvalue weighted by Crippen LogP contribution is -2.44. The number of aromatic nitrogens is 5. The molecule has 1 atom stereocenters. The number of benzene rings is 1. The van der Waals surface area contributed by atoms with E-state index >= 15 is 0 Å². The highest BCUT2D eigenvalue weighted by molar-refractivity contribution is 7.99. The van der Waals surface area contributed by atoms with E-state index in [1.807, 2.05) is 6.07 Å². The van der Waals surface area contributed by atoms with E-state index in [2.05, 4.69) is 29.8 Å². The summed E-state index contributed by atoms with van der Waals surface area (Å²) < 4.78 is 13.8. The average molecular weight is 497 g/mol. The molecule has 34 heavy (non-hydrogen) atoms. The number of piperidine rings is 1. The summed E-state index contributed by atoms with van der Waals surface area (Å²) in [5.41, 5.74) is 15.7. The van der Waals surface area contributed by atoms with E-state index in [4.69, 9.17) is 23.1 Å². The van der Waals surface area contributed by atoms with Crippen LogP contribution in [-0.4, -0.2) is 38.0 Å². The van der Waals surface area contributed by atoms with Crippen LogP contribution in [0.4, 0.5) is 16.2 Å². The maximum atomic E-state index is 13.8. The van der Waals surface area contributed by atoms with Crippen molar-refractivity contribution < 1.29 is 4.39 Å². The van der Waals surface area contributed by atoms with Gasteiger partial charge in [0.1, 0.15) is 16.7 Å². The maximum Gasteiger partial charge on any atom is 0.206 e. The lowest BCUT2D eigenvalue weighted by Gasteiger charge is -2.42. The first kappa shape index (κ1) is 21.6. The predicted octanol–water partition coefficient (Wildman–Crippen LogP) is 4.12. The molecule has 0 amide bonds. The molecule has 0 saturated carbocycles. The van der Waals surface area contributed by atoms with Crippen LogP contribution in [0, 0.1) is 11.2 Å². The van der Waals surface area contributed by atoms with Gasteiger partial charge in [0, 0.05) is 30.2 Å². The minimum Gasteiger partial charge on any atom is -0.382 e. The van der Waals surface area contributed by atoms with E-state index in [0.717, 1.165) is 48.8 Å². The first-order chi connectivity index (χ1) is 16.4. The van der Waals surface area contributed by atoms with Gasteiger partial charge >= 0.3 is 0 Å². The molecule has 1 aliphatic carbocycles. The van der Waals surface area contributed by atoms with E-state index in [1.54, 1.807) is 24.5 Å². The number of fused-ring (bicyclic) bond motifs is 2. The molecule has 2 aliphatic rings. The SMILES string of the molecule is Nc1nccc(Sc2cnc3nc(N4CCC5(CC4)Cc4ccc(F)cc4[C@H]5N)[nH]c3n2)c1Cl. The van der Waals surface area contributed by atoms with E-state index in [-0.39, 0.29) is 23.1 Å². The number of nitrogens with zero attached hydrogens (tertiary/aromatic N) is 5. The molecule has 1 aromatic carbocycles. The lowest BCUT2D eigenvalue weighted by atomic mass is 9.73. The largest absolute Gasteiger partial charge is 0.382 e. The predicted molar refractivity (Wildman–Crippen MR) is 130 cm³/mol. The van der Waals surface area contributed by atoms with Crippen molar-refractivity contribution in [2.24, 2.45) is 11.1 Å². The molecule has 4 heterocycles. The van der Waals surface area contributed by atoms with Crippen molar-refractivity contribution in [1.82, 2.24) is 24.9 Å². The van der Waals surface area contributed by atoms with Crippen LogP contribution in [0.25, 0.3) is 11.3 Å². The van der Waals surface area contributed by atoms with Gasteiger partial charge in [-0.25, -0.2) is 19.3 Å². The van der Waals surface area contributed by atoms with E-state index < -0.39 is 0 Å². The number of rotatable bonds is 3. The number of imidazole rings is 1. The Hall–Kier alpha value is -2.95. The van der Waals surface area contributed by atoms with E-state index in [9.17, 15) is 4.39 Å². The number of H-pyrrole nitrogens is 1. The van der Waals surface area contributed by atoms with Crippen molar-refractivity contribution >= 4 is 46.4 Å². The summed E-state index contributed by atoms with van der Waals surface area (Å²) in [5.74, 6) is 0.800. The van der Waals surface area contributed by atoms with Gasteiger partial charge in [-0.15, -0.1) is 0 Å². The molecular formula is C23H22ClFN8S. The first-order valence-corrected chi connectivity index (χ1v) is 12.2.